The Morgan fingerprint density at radius 3 is 2.69 bits per heavy atom. The molecular formula is C19H14BrFN2O3. The summed E-state index contributed by atoms with van der Waals surface area (Å²) in [5.74, 6) is -0.628. The molecule has 3 aromatic rings. The smallest absolute Gasteiger partial charge is 0.325 e. The molecule has 132 valence electrons. The molecule has 1 aromatic heterocycles. The second kappa shape index (κ2) is 5.95. The van der Waals surface area contributed by atoms with Crippen molar-refractivity contribution >= 4 is 38.8 Å². The topological polar surface area (TPSA) is 62.6 Å². The van der Waals surface area contributed by atoms with E-state index in [0.29, 0.717) is 15.8 Å². The Kier molecular flexibility index (Phi) is 3.84. The predicted molar refractivity (Wildman–Crippen MR) is 96.7 cm³/mol. The lowest BCUT2D eigenvalue weighted by molar-refractivity contribution is -0.132. The van der Waals surface area contributed by atoms with Gasteiger partial charge in [0, 0.05) is 15.4 Å². The van der Waals surface area contributed by atoms with Gasteiger partial charge in [-0.15, -0.1) is 0 Å². The fourth-order valence-corrected chi connectivity index (χ4v) is 3.39. The van der Waals surface area contributed by atoms with E-state index in [0.717, 1.165) is 10.3 Å². The Morgan fingerprint density at radius 1 is 1.19 bits per heavy atom. The second-order valence-electron chi connectivity index (χ2n) is 6.33. The third-order valence-electron chi connectivity index (χ3n) is 4.54. The molecule has 0 saturated carbocycles. The molecule has 1 fully saturated rings. The highest BCUT2D eigenvalue weighted by Gasteiger charge is 2.51. The lowest BCUT2D eigenvalue weighted by Crippen LogP contribution is -2.40. The first-order valence-corrected chi connectivity index (χ1v) is 8.75. The summed E-state index contributed by atoms with van der Waals surface area (Å²) in [6, 6.07) is 13.0. The molecule has 0 aliphatic carbocycles. The van der Waals surface area contributed by atoms with Crippen molar-refractivity contribution in [3.63, 3.8) is 0 Å². The maximum atomic E-state index is 14.1. The zero-order valence-corrected chi connectivity index (χ0v) is 15.3. The first-order chi connectivity index (χ1) is 12.4. The minimum atomic E-state index is -1.33. The molecule has 0 bridgehead atoms. The van der Waals surface area contributed by atoms with E-state index in [4.69, 9.17) is 4.42 Å². The molecule has 5 nitrogen and oxygen atoms in total. The summed E-state index contributed by atoms with van der Waals surface area (Å²) >= 11 is 3.19. The van der Waals surface area contributed by atoms with Crippen LogP contribution in [0.2, 0.25) is 0 Å². The molecule has 0 radical (unpaired) electrons. The monoisotopic (exact) mass is 416 g/mol. The molecule has 1 aliphatic rings. The number of fused-ring (bicyclic) bond motifs is 1. The van der Waals surface area contributed by atoms with Crippen LogP contribution in [-0.4, -0.2) is 16.8 Å². The minimum absolute atomic E-state index is 0.153. The van der Waals surface area contributed by atoms with Gasteiger partial charge in [-0.05, 0) is 31.2 Å². The van der Waals surface area contributed by atoms with Gasteiger partial charge in [-0.25, -0.2) is 9.18 Å². The summed E-state index contributed by atoms with van der Waals surface area (Å²) in [4.78, 5) is 26.3. The summed E-state index contributed by atoms with van der Waals surface area (Å²) in [6.07, 6.45) is 0. The molecule has 1 aliphatic heterocycles. The van der Waals surface area contributed by atoms with Crippen LogP contribution in [-0.2, 0) is 16.9 Å². The van der Waals surface area contributed by atoms with Crippen molar-refractivity contribution in [1.29, 1.82) is 0 Å². The van der Waals surface area contributed by atoms with Crippen molar-refractivity contribution in [2.45, 2.75) is 19.0 Å². The number of carbonyl (C=O) groups excluding carboxylic acids is 2. The molecule has 2 heterocycles. The number of furan rings is 1. The predicted octanol–water partition coefficient (Wildman–Crippen LogP) is 4.30. The van der Waals surface area contributed by atoms with E-state index in [-0.39, 0.29) is 12.1 Å². The van der Waals surface area contributed by atoms with Gasteiger partial charge in [0.2, 0.25) is 0 Å². The van der Waals surface area contributed by atoms with Crippen LogP contribution in [0.15, 0.2) is 57.4 Å². The lowest BCUT2D eigenvalue weighted by Gasteiger charge is -2.19. The van der Waals surface area contributed by atoms with E-state index in [1.807, 2.05) is 18.2 Å². The number of halogens is 2. The van der Waals surface area contributed by atoms with Gasteiger partial charge < -0.3 is 9.73 Å². The summed E-state index contributed by atoms with van der Waals surface area (Å²) in [6.45, 7) is 1.43. The van der Waals surface area contributed by atoms with E-state index < -0.39 is 23.3 Å². The number of para-hydroxylation sites is 1. The Balaban J connectivity index is 1.67. The summed E-state index contributed by atoms with van der Waals surface area (Å²) < 4.78 is 20.5. The first-order valence-electron chi connectivity index (χ1n) is 7.95. The zero-order valence-electron chi connectivity index (χ0n) is 13.8. The quantitative estimate of drug-likeness (QED) is 0.647. The molecular weight excluding hydrogens is 403 g/mol. The number of urea groups is 1. The Bertz CT molecular complexity index is 1020. The standard InChI is InChI=1S/C19H14BrFN2O3/c1-19(16-8-11-4-2-3-5-15(11)26-16)17(24)23(18(25)22-19)10-12-6-7-13(20)9-14(12)21/h2-9H,10H2,1H3,(H,22,25). The van der Waals surface area contributed by atoms with E-state index in [1.54, 1.807) is 25.1 Å². The van der Waals surface area contributed by atoms with Crippen molar-refractivity contribution in [2.24, 2.45) is 0 Å². The van der Waals surface area contributed by atoms with Gasteiger partial charge in [0.15, 0.2) is 5.54 Å². The van der Waals surface area contributed by atoms with Crippen molar-refractivity contribution in [1.82, 2.24) is 10.2 Å². The molecule has 1 N–H and O–H groups in total. The summed E-state index contributed by atoms with van der Waals surface area (Å²) in [5.41, 5.74) is -0.448. The Labute approximate surface area is 156 Å². The van der Waals surface area contributed by atoms with Crippen molar-refractivity contribution in [3.05, 3.63) is 70.1 Å². The number of nitrogens with zero attached hydrogens (tertiary/aromatic N) is 1. The number of carbonyl (C=O) groups is 2. The van der Waals surface area contributed by atoms with E-state index in [1.165, 1.54) is 12.1 Å². The molecule has 26 heavy (non-hydrogen) atoms. The number of hydrogen-bond donors (Lipinski definition) is 1. The molecule has 0 spiro atoms. The van der Waals surface area contributed by atoms with Gasteiger partial charge >= 0.3 is 6.03 Å². The van der Waals surface area contributed by atoms with Crippen molar-refractivity contribution in [3.8, 4) is 0 Å². The zero-order chi connectivity index (χ0) is 18.5. The number of amides is 3. The van der Waals surface area contributed by atoms with E-state index in [9.17, 15) is 14.0 Å². The van der Waals surface area contributed by atoms with Crippen LogP contribution >= 0.6 is 15.9 Å². The average Bonchev–Trinajstić information content (AvgIpc) is 3.13. The van der Waals surface area contributed by atoms with Gasteiger partial charge in [-0.3, -0.25) is 9.69 Å². The molecule has 1 saturated heterocycles. The van der Waals surface area contributed by atoms with Crippen LogP contribution in [0.1, 0.15) is 18.2 Å². The third kappa shape index (κ3) is 2.59. The van der Waals surface area contributed by atoms with Crippen LogP contribution in [0, 0.1) is 5.82 Å². The van der Waals surface area contributed by atoms with Crippen LogP contribution < -0.4 is 5.32 Å². The van der Waals surface area contributed by atoms with Gasteiger partial charge in [-0.2, -0.15) is 0 Å². The van der Waals surface area contributed by atoms with Crippen LogP contribution in [0.4, 0.5) is 9.18 Å². The fourth-order valence-electron chi connectivity index (χ4n) is 3.06. The SMILES string of the molecule is CC1(c2cc3ccccc3o2)NC(=O)N(Cc2ccc(Br)cc2F)C1=O. The maximum absolute atomic E-state index is 14.1. The molecule has 2 aromatic carbocycles. The summed E-state index contributed by atoms with van der Waals surface area (Å²) in [7, 11) is 0. The van der Waals surface area contributed by atoms with Gasteiger partial charge in [-0.1, -0.05) is 40.2 Å². The second-order valence-corrected chi connectivity index (χ2v) is 7.25. The molecule has 7 heteroatoms. The van der Waals surface area contributed by atoms with E-state index >= 15 is 0 Å². The first kappa shape index (κ1) is 16.8. The van der Waals surface area contributed by atoms with Crippen molar-refractivity contribution < 1.29 is 18.4 Å². The highest BCUT2D eigenvalue weighted by atomic mass is 79.9. The molecule has 4 rings (SSSR count). The average molecular weight is 417 g/mol. The molecule has 1 atom stereocenters. The Morgan fingerprint density at radius 2 is 1.96 bits per heavy atom. The maximum Gasteiger partial charge on any atom is 0.325 e. The number of nitrogens with one attached hydrogen (secondary N) is 1. The lowest BCUT2D eigenvalue weighted by atomic mass is 9.98. The third-order valence-corrected chi connectivity index (χ3v) is 5.03. The van der Waals surface area contributed by atoms with Crippen molar-refractivity contribution in [2.75, 3.05) is 0 Å². The number of rotatable bonds is 3. The fraction of sp³-hybridized carbons (Fsp3) is 0.158. The minimum Gasteiger partial charge on any atom is -0.458 e. The molecule has 3 amide bonds. The highest BCUT2D eigenvalue weighted by Crippen LogP contribution is 2.33. The van der Waals surface area contributed by atoms with Crippen LogP contribution in [0.3, 0.4) is 0 Å². The Hall–Kier alpha value is -2.67. The van der Waals surface area contributed by atoms with Gasteiger partial charge in [0.1, 0.15) is 17.2 Å². The van der Waals surface area contributed by atoms with Crippen LogP contribution in [0.25, 0.3) is 11.0 Å². The largest absolute Gasteiger partial charge is 0.458 e. The van der Waals surface area contributed by atoms with E-state index in [2.05, 4.69) is 21.2 Å². The normalized spacial score (nSPS) is 20.0. The summed E-state index contributed by atoms with van der Waals surface area (Å²) in [5, 5.41) is 3.51. The number of hydrogen-bond acceptors (Lipinski definition) is 3. The number of benzene rings is 2. The highest BCUT2D eigenvalue weighted by molar-refractivity contribution is 9.10. The van der Waals surface area contributed by atoms with Gasteiger partial charge in [0.25, 0.3) is 5.91 Å². The van der Waals surface area contributed by atoms with Gasteiger partial charge in [0.05, 0.1) is 6.54 Å². The molecule has 1 unspecified atom stereocenters. The van der Waals surface area contributed by atoms with Crippen LogP contribution in [0.5, 0.6) is 0 Å². The number of imide groups is 1.